The van der Waals surface area contributed by atoms with Gasteiger partial charge < -0.3 is 14.8 Å². The van der Waals surface area contributed by atoms with Crippen molar-refractivity contribution in [2.75, 3.05) is 33.4 Å². The van der Waals surface area contributed by atoms with Crippen LogP contribution in [-0.2, 0) is 11.2 Å². The molecule has 0 unspecified atom stereocenters. The number of rotatable bonds is 5. The van der Waals surface area contributed by atoms with E-state index in [0.717, 1.165) is 43.9 Å². The van der Waals surface area contributed by atoms with Crippen molar-refractivity contribution in [3.05, 3.63) is 23.8 Å². The molecule has 1 saturated carbocycles. The van der Waals surface area contributed by atoms with E-state index in [2.05, 4.69) is 16.3 Å². The number of likely N-dealkylation sites (tertiary alicyclic amines) is 1. The molecule has 1 aromatic rings. The molecule has 1 N–H and O–H groups in total. The molecule has 2 aliphatic heterocycles. The lowest BCUT2D eigenvalue weighted by Crippen LogP contribution is -2.57. The van der Waals surface area contributed by atoms with Crippen molar-refractivity contribution in [3.8, 4) is 11.5 Å². The summed E-state index contributed by atoms with van der Waals surface area (Å²) in [4.78, 5) is 15.6. The number of methoxy groups -OCH3 is 1. The first kappa shape index (κ1) is 17.7. The van der Waals surface area contributed by atoms with E-state index in [9.17, 15) is 4.79 Å². The van der Waals surface area contributed by atoms with Gasteiger partial charge in [-0.2, -0.15) is 0 Å². The number of nitrogens with one attached hydrogen (secondary N) is 1. The molecule has 4 rings (SSSR count). The normalized spacial score (nSPS) is 24.7. The number of nitrogens with zero attached hydrogens (tertiary/aromatic N) is 1. The van der Waals surface area contributed by atoms with Crippen LogP contribution in [0.25, 0.3) is 0 Å². The molecule has 0 radical (unpaired) electrons. The SMILES string of the molecule is COc1ccc2c(c1)OC[C@H](CNC(=O)C1(N3CCCC3)CCCC1)C2. The second-order valence-electron chi connectivity index (χ2n) is 8.00. The molecule has 3 aliphatic rings. The molecule has 1 amide bonds. The lowest BCUT2D eigenvalue weighted by atomic mass is 9.92. The number of carbonyl (C=O) groups excluding carboxylic acids is 1. The maximum Gasteiger partial charge on any atom is 0.240 e. The quantitative estimate of drug-likeness (QED) is 0.879. The van der Waals surface area contributed by atoms with E-state index in [1.807, 2.05) is 12.1 Å². The molecule has 5 nitrogen and oxygen atoms in total. The molecule has 1 aromatic carbocycles. The van der Waals surface area contributed by atoms with Crippen molar-refractivity contribution in [2.45, 2.75) is 50.5 Å². The Morgan fingerprint density at radius 1 is 1.27 bits per heavy atom. The lowest BCUT2D eigenvalue weighted by molar-refractivity contribution is -0.133. The Bertz CT molecular complexity index is 649. The van der Waals surface area contributed by atoms with Gasteiger partial charge in [-0.15, -0.1) is 0 Å². The summed E-state index contributed by atoms with van der Waals surface area (Å²) in [5, 5.41) is 3.28. The molecule has 5 heteroatoms. The summed E-state index contributed by atoms with van der Waals surface area (Å²) in [6, 6.07) is 6.00. The highest BCUT2D eigenvalue weighted by atomic mass is 16.5. The zero-order chi connectivity index (χ0) is 18.0. The summed E-state index contributed by atoms with van der Waals surface area (Å²) in [5.74, 6) is 2.31. The third kappa shape index (κ3) is 3.29. The molecular formula is C21H30N2O3. The molecule has 26 heavy (non-hydrogen) atoms. The Morgan fingerprint density at radius 2 is 2.04 bits per heavy atom. The van der Waals surface area contributed by atoms with Crippen molar-refractivity contribution in [3.63, 3.8) is 0 Å². The Morgan fingerprint density at radius 3 is 2.77 bits per heavy atom. The van der Waals surface area contributed by atoms with Gasteiger partial charge in [0.2, 0.25) is 5.91 Å². The molecule has 0 spiro atoms. The number of ether oxygens (including phenoxy) is 2. The third-order valence-electron chi connectivity index (χ3n) is 6.37. The second-order valence-corrected chi connectivity index (χ2v) is 8.00. The Kier molecular flexibility index (Phi) is 5.07. The first-order valence-corrected chi connectivity index (χ1v) is 10.0. The summed E-state index contributed by atoms with van der Waals surface area (Å²) in [6.07, 6.45) is 7.77. The van der Waals surface area contributed by atoms with Crippen LogP contribution in [0.4, 0.5) is 0 Å². The van der Waals surface area contributed by atoms with Gasteiger partial charge in [-0.25, -0.2) is 0 Å². The number of amides is 1. The Hall–Kier alpha value is -1.75. The maximum atomic E-state index is 13.1. The number of hydrogen-bond acceptors (Lipinski definition) is 4. The lowest BCUT2D eigenvalue weighted by Gasteiger charge is -2.37. The van der Waals surface area contributed by atoms with E-state index in [-0.39, 0.29) is 11.4 Å². The van der Waals surface area contributed by atoms with Crippen LogP contribution in [-0.4, -0.2) is 49.7 Å². The van der Waals surface area contributed by atoms with Gasteiger partial charge in [0, 0.05) is 18.5 Å². The summed E-state index contributed by atoms with van der Waals surface area (Å²) >= 11 is 0. The molecule has 0 bridgehead atoms. The zero-order valence-corrected chi connectivity index (χ0v) is 15.8. The zero-order valence-electron chi connectivity index (χ0n) is 15.8. The van der Waals surface area contributed by atoms with E-state index < -0.39 is 0 Å². The van der Waals surface area contributed by atoms with E-state index >= 15 is 0 Å². The third-order valence-corrected chi connectivity index (χ3v) is 6.37. The van der Waals surface area contributed by atoms with Gasteiger partial charge in [0.05, 0.1) is 13.7 Å². The highest BCUT2D eigenvalue weighted by molar-refractivity contribution is 5.86. The van der Waals surface area contributed by atoms with Gasteiger partial charge in [-0.3, -0.25) is 9.69 Å². The fraction of sp³-hybridized carbons (Fsp3) is 0.667. The number of benzene rings is 1. The first-order valence-electron chi connectivity index (χ1n) is 10.0. The fourth-order valence-electron chi connectivity index (χ4n) is 4.87. The van der Waals surface area contributed by atoms with Crippen molar-refractivity contribution >= 4 is 5.91 Å². The van der Waals surface area contributed by atoms with Crippen LogP contribution in [0.1, 0.15) is 44.1 Å². The van der Waals surface area contributed by atoms with Gasteiger partial charge in [0.25, 0.3) is 0 Å². The van der Waals surface area contributed by atoms with Crippen LogP contribution in [0.15, 0.2) is 18.2 Å². The number of fused-ring (bicyclic) bond motifs is 1. The monoisotopic (exact) mass is 358 g/mol. The van der Waals surface area contributed by atoms with Gasteiger partial charge in [0.15, 0.2) is 0 Å². The largest absolute Gasteiger partial charge is 0.497 e. The van der Waals surface area contributed by atoms with Crippen LogP contribution in [0.2, 0.25) is 0 Å². The van der Waals surface area contributed by atoms with Crippen LogP contribution >= 0.6 is 0 Å². The summed E-state index contributed by atoms with van der Waals surface area (Å²) < 4.78 is 11.2. The molecule has 1 atom stereocenters. The highest BCUT2D eigenvalue weighted by Crippen LogP contribution is 2.38. The van der Waals surface area contributed by atoms with Gasteiger partial charge >= 0.3 is 0 Å². The Balaban J connectivity index is 1.37. The molecule has 1 aliphatic carbocycles. The first-order chi connectivity index (χ1) is 12.7. The molecule has 0 aromatic heterocycles. The minimum absolute atomic E-state index is 0.239. The molecule has 2 heterocycles. The van der Waals surface area contributed by atoms with Crippen molar-refractivity contribution in [1.82, 2.24) is 10.2 Å². The number of carbonyl (C=O) groups is 1. The maximum absolute atomic E-state index is 13.1. The topological polar surface area (TPSA) is 50.8 Å². The summed E-state index contributed by atoms with van der Waals surface area (Å²) in [7, 11) is 1.67. The average molecular weight is 358 g/mol. The van der Waals surface area contributed by atoms with Gasteiger partial charge in [-0.1, -0.05) is 18.9 Å². The fourth-order valence-corrected chi connectivity index (χ4v) is 4.87. The van der Waals surface area contributed by atoms with E-state index in [4.69, 9.17) is 9.47 Å². The van der Waals surface area contributed by atoms with Crippen molar-refractivity contribution in [2.24, 2.45) is 5.92 Å². The van der Waals surface area contributed by atoms with Crippen LogP contribution in [0, 0.1) is 5.92 Å². The van der Waals surface area contributed by atoms with Crippen LogP contribution in [0.5, 0.6) is 11.5 Å². The summed E-state index contributed by atoms with van der Waals surface area (Å²) in [6.45, 7) is 3.50. The predicted octanol–water partition coefficient (Wildman–Crippen LogP) is 2.77. The van der Waals surface area contributed by atoms with Gasteiger partial charge in [-0.05, 0) is 56.8 Å². The van der Waals surface area contributed by atoms with E-state index in [1.54, 1.807) is 7.11 Å². The predicted molar refractivity (Wildman–Crippen MR) is 101 cm³/mol. The number of hydrogen-bond donors (Lipinski definition) is 1. The minimum atomic E-state index is -0.239. The molecule has 1 saturated heterocycles. The van der Waals surface area contributed by atoms with Crippen LogP contribution in [0.3, 0.4) is 0 Å². The van der Waals surface area contributed by atoms with Crippen molar-refractivity contribution < 1.29 is 14.3 Å². The van der Waals surface area contributed by atoms with E-state index in [1.165, 1.54) is 31.2 Å². The van der Waals surface area contributed by atoms with Gasteiger partial charge in [0.1, 0.15) is 17.0 Å². The minimum Gasteiger partial charge on any atom is -0.497 e. The molecular weight excluding hydrogens is 328 g/mol. The average Bonchev–Trinajstić information content (AvgIpc) is 3.37. The molecule has 142 valence electrons. The van der Waals surface area contributed by atoms with Crippen LogP contribution < -0.4 is 14.8 Å². The highest BCUT2D eigenvalue weighted by Gasteiger charge is 2.46. The Labute approximate surface area is 156 Å². The smallest absolute Gasteiger partial charge is 0.240 e. The van der Waals surface area contributed by atoms with Crippen molar-refractivity contribution in [1.29, 1.82) is 0 Å². The second kappa shape index (κ2) is 7.47. The summed E-state index contributed by atoms with van der Waals surface area (Å²) in [5.41, 5.74) is 0.962. The standard InChI is InChI=1S/C21H30N2O3/c1-25-18-7-6-17-12-16(15-26-19(17)13-18)14-22-20(24)21(8-2-3-9-21)23-10-4-5-11-23/h6-7,13,16H,2-5,8-12,14-15H2,1H3,(H,22,24)/t16-/m0/s1. The molecule has 2 fully saturated rings. The van der Waals surface area contributed by atoms with E-state index in [0.29, 0.717) is 19.1 Å².